The molecule has 0 spiro atoms. The maximum atomic E-state index is 13.0. The lowest BCUT2D eigenvalue weighted by Gasteiger charge is -2.28. The van der Waals surface area contributed by atoms with Gasteiger partial charge in [-0.2, -0.15) is 3.71 Å². The van der Waals surface area contributed by atoms with Gasteiger partial charge in [0.15, 0.2) is 0 Å². The van der Waals surface area contributed by atoms with Crippen LogP contribution in [0, 0.1) is 0 Å². The first-order chi connectivity index (χ1) is 18.5. The molecular weight excluding hydrogens is 553 g/mol. The summed E-state index contributed by atoms with van der Waals surface area (Å²) in [5, 5.41) is 0.878. The number of rotatable bonds is 23. The van der Waals surface area contributed by atoms with Crippen molar-refractivity contribution in [1.29, 1.82) is 0 Å². The van der Waals surface area contributed by atoms with Crippen molar-refractivity contribution < 1.29 is 26.0 Å². The summed E-state index contributed by atoms with van der Waals surface area (Å²) in [7, 11) is -10.1. The molecule has 39 heavy (non-hydrogen) atoms. The zero-order valence-corrected chi connectivity index (χ0v) is 27.7. The number of primary amides is 1. The van der Waals surface area contributed by atoms with E-state index in [-0.39, 0.29) is 23.1 Å². The summed E-state index contributed by atoms with van der Waals surface area (Å²) >= 11 is 0. The number of anilines is 1. The zero-order chi connectivity index (χ0) is 29.5. The van der Waals surface area contributed by atoms with Crippen molar-refractivity contribution in [3.05, 3.63) is 11.8 Å². The van der Waals surface area contributed by atoms with E-state index in [0.29, 0.717) is 16.6 Å². The summed E-state index contributed by atoms with van der Waals surface area (Å²) in [6, 6.07) is 2.89. The zero-order valence-electron chi connectivity index (χ0n) is 25.1. The molecule has 0 aliphatic carbocycles. The van der Waals surface area contributed by atoms with Gasteiger partial charge < -0.3 is 10.2 Å². The van der Waals surface area contributed by atoms with Gasteiger partial charge >= 0.3 is 0 Å². The van der Waals surface area contributed by atoms with Gasteiger partial charge in [0.25, 0.3) is 0 Å². The minimum absolute atomic E-state index is 0.205. The van der Waals surface area contributed by atoms with E-state index >= 15 is 0 Å². The quantitative estimate of drug-likeness (QED) is 0.117. The van der Waals surface area contributed by atoms with Gasteiger partial charge in [-0.1, -0.05) is 96.7 Å². The molecule has 1 aromatic heterocycles. The van der Waals surface area contributed by atoms with Crippen molar-refractivity contribution in [2.24, 2.45) is 5.73 Å². The van der Waals surface area contributed by atoms with E-state index in [1.54, 1.807) is 0 Å². The summed E-state index contributed by atoms with van der Waals surface area (Å²) in [4.78, 5) is 10.8. The van der Waals surface area contributed by atoms with E-state index in [0.717, 1.165) is 74.0 Å². The second kappa shape index (κ2) is 17.5. The van der Waals surface area contributed by atoms with Crippen LogP contribution in [0.25, 0.3) is 0 Å². The fraction of sp³-hybridized carbons (Fsp3) is 0.821. The highest BCUT2D eigenvalue weighted by Gasteiger charge is 2.41. The fourth-order valence-electron chi connectivity index (χ4n) is 5.34. The highest BCUT2D eigenvalue weighted by atomic mass is 32.3. The van der Waals surface area contributed by atoms with E-state index in [1.165, 1.54) is 45.8 Å². The molecule has 11 heteroatoms. The molecule has 1 aromatic rings. The van der Waals surface area contributed by atoms with Crippen LogP contribution in [-0.2, 0) is 31.3 Å². The molecular formula is C28H54N2O6S2Si. The maximum absolute atomic E-state index is 13.0. The molecule has 0 aliphatic rings. The predicted octanol–water partition coefficient (Wildman–Crippen LogP) is 6.21. The molecule has 1 rings (SSSR count). The number of hydrogen-bond donors (Lipinski definition) is 1. The predicted molar refractivity (Wildman–Crippen MR) is 165 cm³/mol. The molecule has 0 aliphatic heterocycles. The number of carbonyl (C=O) groups is 1. The van der Waals surface area contributed by atoms with E-state index in [2.05, 4.69) is 20.8 Å². The number of carbonyl (C=O) groups excluding carboxylic acids is 1. The Bertz CT molecular complexity index is 1020. The van der Waals surface area contributed by atoms with Crippen LogP contribution in [0.5, 0.6) is 0 Å². The molecule has 0 atom stereocenters. The van der Waals surface area contributed by atoms with Crippen LogP contribution in [0.4, 0.5) is 5.69 Å². The van der Waals surface area contributed by atoms with Crippen LogP contribution in [0.1, 0.15) is 117 Å². The number of furan rings is 1. The van der Waals surface area contributed by atoms with Gasteiger partial charge in [0.05, 0.1) is 16.9 Å². The van der Waals surface area contributed by atoms with Gasteiger partial charge in [0, 0.05) is 12.0 Å². The van der Waals surface area contributed by atoms with Gasteiger partial charge in [-0.3, -0.25) is 4.79 Å². The third-order valence-electron chi connectivity index (χ3n) is 8.17. The van der Waals surface area contributed by atoms with Crippen molar-refractivity contribution in [1.82, 2.24) is 0 Å². The van der Waals surface area contributed by atoms with E-state index in [9.17, 15) is 21.6 Å². The Labute approximate surface area is 239 Å². The van der Waals surface area contributed by atoms with Gasteiger partial charge in [-0.15, -0.1) is 0 Å². The van der Waals surface area contributed by atoms with Crippen molar-refractivity contribution in [2.75, 3.05) is 15.2 Å². The van der Waals surface area contributed by atoms with Crippen LogP contribution in [0.2, 0.25) is 18.1 Å². The first-order valence-electron chi connectivity index (χ1n) is 15.1. The minimum atomic E-state index is -4.04. The third-order valence-corrected chi connectivity index (χ3v) is 17.8. The summed E-state index contributed by atoms with van der Waals surface area (Å²) < 4.78 is 58.9. The second-order valence-corrected chi connectivity index (χ2v) is 20.2. The first-order valence-corrected chi connectivity index (χ1v) is 20.9. The van der Waals surface area contributed by atoms with Crippen LogP contribution < -0.4 is 14.8 Å². The second-order valence-electron chi connectivity index (χ2n) is 10.6. The highest BCUT2D eigenvalue weighted by Crippen LogP contribution is 2.33. The third kappa shape index (κ3) is 10.5. The maximum Gasteiger partial charge on any atom is 0.248 e. The van der Waals surface area contributed by atoms with Crippen LogP contribution in [0.15, 0.2) is 10.7 Å². The van der Waals surface area contributed by atoms with Gasteiger partial charge in [0.1, 0.15) is 20.0 Å². The summed E-state index contributed by atoms with van der Waals surface area (Å²) in [5.41, 5.74) is 6.16. The number of sulfonamides is 2. The lowest BCUT2D eigenvalue weighted by atomic mass is 10.0. The number of unbranched alkanes of at least 4 members (excludes halogenated alkanes) is 10. The van der Waals surface area contributed by atoms with E-state index in [1.807, 2.05) is 0 Å². The first kappa shape index (κ1) is 35.7. The summed E-state index contributed by atoms with van der Waals surface area (Å²) in [6.07, 6.45) is 14.6. The van der Waals surface area contributed by atoms with Crippen molar-refractivity contribution in [2.45, 2.75) is 136 Å². The molecule has 0 saturated carbocycles. The molecule has 0 saturated heterocycles. The van der Waals surface area contributed by atoms with Crippen molar-refractivity contribution in [3.8, 4) is 0 Å². The molecule has 1 amide bonds. The van der Waals surface area contributed by atoms with Crippen molar-refractivity contribution in [3.63, 3.8) is 0 Å². The molecule has 0 bridgehead atoms. The van der Waals surface area contributed by atoms with Gasteiger partial charge in [-0.05, 0) is 33.1 Å². The standard InChI is InChI=1S/C28H54N2O6S2Si/c1-6-37(32,33)30(38(34,35)7-2)26-24-36-28(39(8-3,9-4)10-5)25(26)22-20-18-16-14-12-11-13-15-17-19-21-23-27(29)31/h24H,6-23H2,1-5H3,(H2,29,31). The number of nitrogens with zero attached hydrogens (tertiary/aromatic N) is 1. The van der Waals surface area contributed by atoms with Crippen molar-refractivity contribution >= 4 is 45.1 Å². The lowest BCUT2D eigenvalue weighted by molar-refractivity contribution is -0.118. The Morgan fingerprint density at radius 2 is 1.15 bits per heavy atom. The molecule has 1 heterocycles. The van der Waals surface area contributed by atoms with E-state index < -0.39 is 28.1 Å². The van der Waals surface area contributed by atoms with Gasteiger partial charge in [-0.25, -0.2) is 16.8 Å². The molecule has 0 aromatic carbocycles. The molecule has 0 fully saturated rings. The Balaban J connectivity index is 2.87. The average Bonchev–Trinajstić information content (AvgIpc) is 3.31. The lowest BCUT2D eigenvalue weighted by Crippen LogP contribution is -2.47. The number of nitrogens with two attached hydrogens (primary N) is 1. The largest absolute Gasteiger partial charge is 0.472 e. The smallest absolute Gasteiger partial charge is 0.248 e. The Kier molecular flexibility index (Phi) is 16.0. The Hall–Kier alpha value is -1.33. The molecule has 0 unspecified atom stereocenters. The Morgan fingerprint density at radius 3 is 1.54 bits per heavy atom. The fourth-order valence-corrected chi connectivity index (χ4v) is 12.4. The topological polar surface area (TPSA) is 128 Å². The molecule has 8 nitrogen and oxygen atoms in total. The molecule has 228 valence electrons. The SMILES string of the molecule is CC[Si](CC)(CC)c1occ(N(S(=O)(=O)CC)S(=O)(=O)CC)c1CCCCCCCCCCCCCC(N)=O. The molecule has 0 radical (unpaired) electrons. The van der Waals surface area contributed by atoms with Crippen LogP contribution >= 0.6 is 0 Å². The molecule has 2 N–H and O–H groups in total. The highest BCUT2D eigenvalue weighted by molar-refractivity contribution is 8.10. The van der Waals surface area contributed by atoms with Crippen LogP contribution in [0.3, 0.4) is 0 Å². The summed E-state index contributed by atoms with van der Waals surface area (Å²) in [6.45, 7) is 9.43. The van der Waals surface area contributed by atoms with Crippen LogP contribution in [-0.4, -0.2) is 42.3 Å². The van der Waals surface area contributed by atoms with Gasteiger partial charge in [0.2, 0.25) is 26.0 Å². The number of amides is 1. The average molecular weight is 607 g/mol. The summed E-state index contributed by atoms with van der Waals surface area (Å²) in [5.74, 6) is -0.804. The minimum Gasteiger partial charge on any atom is -0.472 e. The van der Waals surface area contributed by atoms with E-state index in [4.69, 9.17) is 10.2 Å². The number of hydrogen-bond acceptors (Lipinski definition) is 6. The monoisotopic (exact) mass is 606 g/mol. The normalized spacial score (nSPS) is 12.6. The Morgan fingerprint density at radius 1 is 0.744 bits per heavy atom.